The largest absolute Gasteiger partial charge is 0.358 e. The monoisotopic (exact) mass is 226 g/mol. The van der Waals surface area contributed by atoms with Crippen LogP contribution in [0.25, 0.3) is 0 Å². The molecule has 0 aliphatic carbocycles. The lowest BCUT2D eigenvalue weighted by Gasteiger charge is -2.11. The molecule has 0 spiro atoms. The van der Waals surface area contributed by atoms with Gasteiger partial charge in [0.05, 0.1) is 28.9 Å². The molecule has 1 aromatic rings. The van der Waals surface area contributed by atoms with Crippen molar-refractivity contribution in [1.29, 1.82) is 0 Å². The third-order valence-electron chi connectivity index (χ3n) is 1.78. The normalized spacial score (nSPS) is 10.4. The van der Waals surface area contributed by atoms with E-state index in [0.29, 0.717) is 10.8 Å². The van der Waals surface area contributed by atoms with Crippen molar-refractivity contribution in [1.82, 2.24) is 4.98 Å². The highest BCUT2D eigenvalue weighted by Crippen LogP contribution is 2.22. The first-order chi connectivity index (χ1) is 7.11. The second-order valence-corrected chi connectivity index (χ2v) is 4.44. The lowest BCUT2D eigenvalue weighted by Crippen LogP contribution is -2.01. The summed E-state index contributed by atoms with van der Waals surface area (Å²) < 4.78 is 12.3. The van der Waals surface area contributed by atoms with Gasteiger partial charge in [-0.05, 0) is 18.4 Å². The summed E-state index contributed by atoms with van der Waals surface area (Å²) in [6.07, 6.45) is 4.04. The Bertz CT molecular complexity index is 339. The summed E-state index contributed by atoms with van der Waals surface area (Å²) in [6, 6.07) is 1.71. The lowest BCUT2D eigenvalue weighted by atomic mass is 10.1. The molecular formula is C11H15FN2S. The summed E-state index contributed by atoms with van der Waals surface area (Å²) in [7, 11) is 0. The number of aromatic nitrogens is 1. The molecule has 0 aliphatic rings. The van der Waals surface area contributed by atoms with Crippen LogP contribution in [-0.2, 0) is 0 Å². The zero-order chi connectivity index (χ0) is 11.3. The summed E-state index contributed by atoms with van der Waals surface area (Å²) >= 11 is 0.192. The van der Waals surface area contributed by atoms with Crippen LogP contribution < -0.4 is 5.32 Å². The summed E-state index contributed by atoms with van der Waals surface area (Å²) in [5, 5.41) is 3.11. The minimum Gasteiger partial charge on any atom is -0.358 e. The van der Waals surface area contributed by atoms with E-state index in [-0.39, 0.29) is 12.1 Å². The number of anilines is 1. The van der Waals surface area contributed by atoms with Gasteiger partial charge in [0.1, 0.15) is 0 Å². The van der Waals surface area contributed by atoms with Gasteiger partial charge in [-0.15, -0.1) is 0 Å². The zero-order valence-electron chi connectivity index (χ0n) is 8.96. The number of nitrogens with zero attached hydrogens (tertiary/aromatic N) is 1. The molecule has 1 aromatic heterocycles. The molecule has 0 radical (unpaired) electrons. The van der Waals surface area contributed by atoms with E-state index in [1.807, 2.05) is 0 Å². The van der Waals surface area contributed by atoms with Crippen molar-refractivity contribution in [2.75, 3.05) is 5.32 Å². The summed E-state index contributed by atoms with van der Waals surface area (Å²) in [6.45, 7) is 8.15. The molecule has 0 saturated heterocycles. The van der Waals surface area contributed by atoms with Crippen LogP contribution in [0.4, 0.5) is 9.57 Å². The van der Waals surface area contributed by atoms with Crippen LogP contribution in [0, 0.1) is 5.92 Å². The van der Waals surface area contributed by atoms with E-state index < -0.39 is 0 Å². The van der Waals surface area contributed by atoms with Crippen LogP contribution in [0.3, 0.4) is 0 Å². The number of hydrogen-bond donors (Lipinski definition) is 1. The maximum Gasteiger partial charge on any atom is 0.0829 e. The molecule has 0 aliphatic heterocycles. The first-order valence-corrected chi connectivity index (χ1v) is 5.52. The van der Waals surface area contributed by atoms with Gasteiger partial charge in [-0.2, -0.15) is 3.89 Å². The van der Waals surface area contributed by atoms with E-state index in [1.165, 1.54) is 6.20 Å². The van der Waals surface area contributed by atoms with Gasteiger partial charge in [-0.1, -0.05) is 20.4 Å². The topological polar surface area (TPSA) is 24.9 Å². The molecule has 0 amide bonds. The Morgan fingerprint density at radius 2 is 2.33 bits per heavy atom. The highest BCUT2D eigenvalue weighted by atomic mass is 32.2. The molecule has 15 heavy (non-hydrogen) atoms. The number of nitrogens with one attached hydrogen (secondary N) is 1. The van der Waals surface area contributed by atoms with Gasteiger partial charge < -0.3 is 5.32 Å². The number of allylic oxidation sites excluding steroid dienone is 1. The Balaban J connectivity index is 2.60. The smallest absolute Gasteiger partial charge is 0.0829 e. The van der Waals surface area contributed by atoms with Gasteiger partial charge in [0.15, 0.2) is 0 Å². The summed E-state index contributed by atoms with van der Waals surface area (Å²) in [5.41, 5.74) is 1.70. The Morgan fingerprint density at radius 1 is 1.60 bits per heavy atom. The Hall–Kier alpha value is -1.03. The Kier molecular flexibility index (Phi) is 4.62. The van der Waals surface area contributed by atoms with Gasteiger partial charge >= 0.3 is 0 Å². The number of pyridine rings is 1. The van der Waals surface area contributed by atoms with Crippen molar-refractivity contribution in [2.24, 2.45) is 5.92 Å². The van der Waals surface area contributed by atoms with Gasteiger partial charge in [0, 0.05) is 11.9 Å². The lowest BCUT2D eigenvalue weighted by molar-refractivity contribution is 0.645. The third-order valence-corrected chi connectivity index (χ3v) is 2.18. The van der Waals surface area contributed by atoms with Crippen molar-refractivity contribution >= 4 is 17.8 Å². The number of hydrogen-bond acceptors (Lipinski definition) is 3. The fourth-order valence-corrected chi connectivity index (χ4v) is 1.55. The van der Waals surface area contributed by atoms with Gasteiger partial charge in [0.25, 0.3) is 0 Å². The maximum atomic E-state index is 12.3. The SMILES string of the molecule is C=C(CC(C)C)Nc1cncc(SF)c1. The molecule has 0 saturated carbocycles. The van der Waals surface area contributed by atoms with Gasteiger partial charge in [-0.3, -0.25) is 4.98 Å². The third kappa shape index (κ3) is 4.34. The minimum atomic E-state index is 0.192. The van der Waals surface area contributed by atoms with Crippen molar-refractivity contribution < 1.29 is 3.89 Å². The van der Waals surface area contributed by atoms with Gasteiger partial charge in [0.2, 0.25) is 0 Å². The second kappa shape index (κ2) is 5.75. The molecule has 82 valence electrons. The molecular weight excluding hydrogens is 211 g/mol. The Morgan fingerprint density at radius 3 is 2.93 bits per heavy atom. The first kappa shape index (κ1) is 12.0. The standard InChI is InChI=1S/C11H15FN2S/c1-8(2)4-9(3)14-10-5-11(15-12)7-13-6-10/h5-8,14H,3-4H2,1-2H3. The van der Waals surface area contributed by atoms with E-state index in [0.717, 1.165) is 17.8 Å². The highest BCUT2D eigenvalue weighted by molar-refractivity contribution is 7.94. The predicted octanol–water partition coefficient (Wildman–Crippen LogP) is 4.03. The summed E-state index contributed by atoms with van der Waals surface area (Å²) in [5.74, 6) is 0.552. The summed E-state index contributed by atoms with van der Waals surface area (Å²) in [4.78, 5) is 4.42. The molecule has 1 heterocycles. The van der Waals surface area contributed by atoms with Crippen LogP contribution in [-0.4, -0.2) is 4.98 Å². The second-order valence-electron chi connectivity index (χ2n) is 3.81. The van der Waals surface area contributed by atoms with E-state index in [2.05, 4.69) is 30.7 Å². The average Bonchev–Trinajstić information content (AvgIpc) is 2.16. The van der Waals surface area contributed by atoms with Gasteiger partial charge in [-0.25, -0.2) is 0 Å². The van der Waals surface area contributed by atoms with Crippen LogP contribution in [0.1, 0.15) is 20.3 Å². The molecule has 0 atom stereocenters. The van der Waals surface area contributed by atoms with Crippen molar-refractivity contribution in [3.8, 4) is 0 Å². The molecule has 4 heteroatoms. The van der Waals surface area contributed by atoms with E-state index >= 15 is 0 Å². The molecule has 2 nitrogen and oxygen atoms in total. The quantitative estimate of drug-likeness (QED) is 0.820. The van der Waals surface area contributed by atoms with Crippen LogP contribution in [0.15, 0.2) is 35.6 Å². The molecule has 0 bridgehead atoms. The highest BCUT2D eigenvalue weighted by Gasteiger charge is 2.01. The zero-order valence-corrected chi connectivity index (χ0v) is 9.77. The van der Waals surface area contributed by atoms with Crippen LogP contribution in [0.2, 0.25) is 0 Å². The molecule has 0 aromatic carbocycles. The van der Waals surface area contributed by atoms with Crippen molar-refractivity contribution in [3.63, 3.8) is 0 Å². The van der Waals surface area contributed by atoms with E-state index in [4.69, 9.17) is 0 Å². The first-order valence-electron chi connectivity index (χ1n) is 4.80. The number of halogens is 1. The number of rotatable bonds is 5. The van der Waals surface area contributed by atoms with Crippen molar-refractivity contribution in [2.45, 2.75) is 25.2 Å². The molecule has 0 unspecified atom stereocenters. The molecule has 1 rings (SSSR count). The maximum absolute atomic E-state index is 12.3. The molecule has 0 fully saturated rings. The molecule has 1 N–H and O–H groups in total. The minimum absolute atomic E-state index is 0.192. The van der Waals surface area contributed by atoms with E-state index in [1.54, 1.807) is 12.3 Å². The van der Waals surface area contributed by atoms with Crippen molar-refractivity contribution in [3.05, 3.63) is 30.7 Å². The Labute approximate surface area is 94.3 Å². The van der Waals surface area contributed by atoms with E-state index in [9.17, 15) is 3.89 Å². The van der Waals surface area contributed by atoms with Crippen LogP contribution >= 0.6 is 12.1 Å². The fourth-order valence-electron chi connectivity index (χ4n) is 1.28. The average molecular weight is 226 g/mol. The van der Waals surface area contributed by atoms with Crippen LogP contribution in [0.5, 0.6) is 0 Å². The fraction of sp³-hybridized carbons (Fsp3) is 0.364. The predicted molar refractivity (Wildman–Crippen MR) is 63.4 cm³/mol.